The SMILES string of the molecule is OS(O)(O)CC1CCCCC1. The second-order valence-electron chi connectivity index (χ2n) is 3.30. The molecule has 0 saturated heterocycles. The Bertz CT molecular complexity index is 115. The quantitative estimate of drug-likeness (QED) is 0.612. The van der Waals surface area contributed by atoms with Gasteiger partial charge >= 0.3 is 0 Å². The molecule has 0 heterocycles. The van der Waals surface area contributed by atoms with Crippen LogP contribution in [0.2, 0.25) is 0 Å². The lowest BCUT2D eigenvalue weighted by atomic mass is 9.91. The largest absolute Gasteiger partial charge is 0.308 e. The summed E-state index contributed by atoms with van der Waals surface area (Å²) in [5.41, 5.74) is 0. The summed E-state index contributed by atoms with van der Waals surface area (Å²) in [4.78, 5) is 0. The van der Waals surface area contributed by atoms with Crippen molar-refractivity contribution < 1.29 is 13.7 Å². The van der Waals surface area contributed by atoms with Crippen molar-refractivity contribution in [2.24, 2.45) is 5.92 Å². The summed E-state index contributed by atoms with van der Waals surface area (Å²) >= 11 is 0. The second kappa shape index (κ2) is 3.76. The predicted molar refractivity (Wildman–Crippen MR) is 46.9 cm³/mol. The molecule has 1 rings (SSSR count). The average molecular weight is 180 g/mol. The van der Waals surface area contributed by atoms with Crippen molar-refractivity contribution in [1.29, 1.82) is 0 Å². The van der Waals surface area contributed by atoms with E-state index in [1.54, 1.807) is 0 Å². The van der Waals surface area contributed by atoms with E-state index in [0.717, 1.165) is 12.8 Å². The number of hydrogen-bond acceptors (Lipinski definition) is 3. The maximum absolute atomic E-state index is 8.76. The minimum Gasteiger partial charge on any atom is -0.308 e. The van der Waals surface area contributed by atoms with Crippen LogP contribution in [0.3, 0.4) is 0 Å². The van der Waals surface area contributed by atoms with Gasteiger partial charge in [0.25, 0.3) is 0 Å². The van der Waals surface area contributed by atoms with Crippen LogP contribution >= 0.6 is 10.9 Å². The Morgan fingerprint density at radius 1 is 1.00 bits per heavy atom. The van der Waals surface area contributed by atoms with Gasteiger partial charge in [0.05, 0.1) is 10.9 Å². The minimum atomic E-state index is -3.22. The lowest BCUT2D eigenvalue weighted by Gasteiger charge is -2.27. The number of rotatable bonds is 2. The Balaban J connectivity index is 2.24. The van der Waals surface area contributed by atoms with Gasteiger partial charge in [-0.25, -0.2) is 0 Å². The highest BCUT2D eigenvalue weighted by Crippen LogP contribution is 2.39. The van der Waals surface area contributed by atoms with Gasteiger partial charge in [-0.15, -0.1) is 0 Å². The van der Waals surface area contributed by atoms with Crippen molar-refractivity contribution in [2.45, 2.75) is 32.1 Å². The van der Waals surface area contributed by atoms with Crippen LogP contribution in [-0.2, 0) is 0 Å². The first-order valence-corrected chi connectivity index (χ1v) is 5.73. The van der Waals surface area contributed by atoms with E-state index in [-0.39, 0.29) is 5.75 Å². The maximum Gasteiger partial charge on any atom is 0.0813 e. The van der Waals surface area contributed by atoms with Crippen molar-refractivity contribution in [3.05, 3.63) is 0 Å². The van der Waals surface area contributed by atoms with E-state index in [9.17, 15) is 0 Å². The zero-order valence-electron chi connectivity index (χ0n) is 6.57. The summed E-state index contributed by atoms with van der Waals surface area (Å²) in [6, 6.07) is 0. The fourth-order valence-electron chi connectivity index (χ4n) is 1.67. The van der Waals surface area contributed by atoms with Crippen molar-refractivity contribution in [1.82, 2.24) is 0 Å². The Morgan fingerprint density at radius 2 is 1.55 bits per heavy atom. The summed E-state index contributed by atoms with van der Waals surface area (Å²) in [5.74, 6) is 0.520. The Morgan fingerprint density at radius 3 is 2.00 bits per heavy atom. The summed E-state index contributed by atoms with van der Waals surface area (Å²) in [7, 11) is -3.22. The first-order chi connectivity index (χ1) is 5.08. The molecule has 3 nitrogen and oxygen atoms in total. The fourth-order valence-corrected chi connectivity index (χ4v) is 2.64. The molecule has 0 atom stereocenters. The Labute approximate surface area is 69.0 Å². The molecule has 0 aromatic heterocycles. The van der Waals surface area contributed by atoms with Crippen LogP contribution in [0, 0.1) is 5.92 Å². The van der Waals surface area contributed by atoms with E-state index < -0.39 is 10.9 Å². The molecule has 0 aliphatic heterocycles. The Kier molecular flexibility index (Phi) is 3.18. The summed E-state index contributed by atoms with van der Waals surface area (Å²) in [5, 5.41) is 0. The highest BCUT2D eigenvalue weighted by Gasteiger charge is 2.21. The van der Waals surface area contributed by atoms with Crippen LogP contribution in [0.25, 0.3) is 0 Å². The van der Waals surface area contributed by atoms with Crippen LogP contribution in [0.4, 0.5) is 0 Å². The molecule has 1 aliphatic rings. The van der Waals surface area contributed by atoms with Gasteiger partial charge in [-0.1, -0.05) is 19.3 Å². The van der Waals surface area contributed by atoms with Crippen LogP contribution in [0.1, 0.15) is 32.1 Å². The van der Waals surface area contributed by atoms with Gasteiger partial charge in [0.15, 0.2) is 0 Å². The van der Waals surface area contributed by atoms with Gasteiger partial charge in [-0.3, -0.25) is 0 Å². The van der Waals surface area contributed by atoms with Crippen molar-refractivity contribution in [3.8, 4) is 0 Å². The van der Waals surface area contributed by atoms with Crippen molar-refractivity contribution in [2.75, 3.05) is 5.75 Å². The molecule has 0 aromatic carbocycles. The molecule has 1 fully saturated rings. The van der Waals surface area contributed by atoms with E-state index in [1.807, 2.05) is 0 Å². The molecular weight excluding hydrogens is 164 g/mol. The van der Waals surface area contributed by atoms with Crippen molar-refractivity contribution in [3.63, 3.8) is 0 Å². The minimum absolute atomic E-state index is 0.188. The zero-order chi connectivity index (χ0) is 8.32. The maximum atomic E-state index is 8.76. The first-order valence-electron chi connectivity index (χ1n) is 4.06. The van der Waals surface area contributed by atoms with Gasteiger partial charge in [0.1, 0.15) is 0 Å². The van der Waals surface area contributed by atoms with E-state index in [1.165, 1.54) is 19.3 Å². The molecule has 11 heavy (non-hydrogen) atoms. The van der Waals surface area contributed by atoms with E-state index in [0.29, 0.717) is 5.92 Å². The second-order valence-corrected chi connectivity index (χ2v) is 4.90. The third-order valence-electron chi connectivity index (χ3n) is 2.18. The molecule has 68 valence electrons. The smallest absolute Gasteiger partial charge is 0.0813 e. The highest BCUT2D eigenvalue weighted by molar-refractivity contribution is 8.19. The summed E-state index contributed by atoms with van der Waals surface area (Å²) in [6.45, 7) is 0. The number of hydrogen-bond donors (Lipinski definition) is 3. The normalized spacial score (nSPS) is 23.5. The summed E-state index contributed by atoms with van der Waals surface area (Å²) in [6.07, 6.45) is 5.66. The molecule has 0 radical (unpaired) electrons. The Hall–Kier alpha value is 0.230. The molecular formula is C7H16O3S. The standard InChI is InChI=1S/C7H16O3S/c8-11(9,10)6-7-4-2-1-3-5-7/h7-10H,1-6H2. The summed E-state index contributed by atoms with van der Waals surface area (Å²) < 4.78 is 26.3. The molecule has 0 amide bonds. The zero-order valence-corrected chi connectivity index (χ0v) is 7.39. The van der Waals surface area contributed by atoms with Gasteiger partial charge in [0, 0.05) is 5.75 Å². The van der Waals surface area contributed by atoms with Gasteiger partial charge in [-0.2, -0.15) is 0 Å². The van der Waals surface area contributed by atoms with Crippen LogP contribution < -0.4 is 0 Å². The molecule has 0 bridgehead atoms. The van der Waals surface area contributed by atoms with Crippen LogP contribution in [0.5, 0.6) is 0 Å². The highest BCUT2D eigenvalue weighted by atomic mass is 32.3. The van der Waals surface area contributed by atoms with Gasteiger partial charge in [0.2, 0.25) is 0 Å². The van der Waals surface area contributed by atoms with Crippen molar-refractivity contribution >= 4 is 10.9 Å². The predicted octanol–water partition coefficient (Wildman–Crippen LogP) is 2.79. The topological polar surface area (TPSA) is 60.7 Å². The van der Waals surface area contributed by atoms with Crippen LogP contribution in [-0.4, -0.2) is 19.4 Å². The van der Waals surface area contributed by atoms with E-state index in [4.69, 9.17) is 13.7 Å². The molecule has 0 unspecified atom stereocenters. The molecule has 0 spiro atoms. The monoisotopic (exact) mass is 180 g/mol. The van der Waals surface area contributed by atoms with E-state index in [2.05, 4.69) is 0 Å². The third-order valence-corrected chi connectivity index (χ3v) is 3.10. The third kappa shape index (κ3) is 3.96. The van der Waals surface area contributed by atoms with Gasteiger partial charge < -0.3 is 13.7 Å². The molecule has 0 aromatic rings. The average Bonchev–Trinajstić information content (AvgIpc) is 1.85. The fraction of sp³-hybridized carbons (Fsp3) is 1.00. The van der Waals surface area contributed by atoms with E-state index >= 15 is 0 Å². The van der Waals surface area contributed by atoms with Crippen LogP contribution in [0.15, 0.2) is 0 Å². The van der Waals surface area contributed by atoms with Gasteiger partial charge in [-0.05, 0) is 18.8 Å². The molecule has 3 N–H and O–H groups in total. The lowest BCUT2D eigenvalue weighted by molar-refractivity contribution is 0.334. The lowest BCUT2D eigenvalue weighted by Crippen LogP contribution is -2.15. The first kappa shape index (κ1) is 9.32. The molecule has 1 saturated carbocycles. The molecule has 1 aliphatic carbocycles. The molecule has 4 heteroatoms.